The van der Waals surface area contributed by atoms with Gasteiger partial charge >= 0.3 is 5.97 Å². The highest BCUT2D eigenvalue weighted by molar-refractivity contribution is 7.14. The summed E-state index contributed by atoms with van der Waals surface area (Å²) < 4.78 is 5.34. The van der Waals surface area contributed by atoms with Crippen molar-refractivity contribution in [2.75, 3.05) is 5.32 Å². The summed E-state index contributed by atoms with van der Waals surface area (Å²) in [6, 6.07) is 8.77. The van der Waals surface area contributed by atoms with Crippen LogP contribution in [0.4, 0.5) is 5.69 Å². The Morgan fingerprint density at radius 3 is 2.80 bits per heavy atom. The van der Waals surface area contributed by atoms with E-state index in [9.17, 15) is 9.59 Å². The third-order valence-corrected chi connectivity index (χ3v) is 5.65. The topological polar surface area (TPSA) is 55.4 Å². The van der Waals surface area contributed by atoms with E-state index in [-0.39, 0.29) is 5.91 Å². The van der Waals surface area contributed by atoms with E-state index >= 15 is 0 Å². The van der Waals surface area contributed by atoms with Crippen LogP contribution in [0, 0.1) is 0 Å². The van der Waals surface area contributed by atoms with Gasteiger partial charge in [-0.1, -0.05) is 24.1 Å². The van der Waals surface area contributed by atoms with Gasteiger partial charge in [-0.2, -0.15) is 0 Å². The largest absolute Gasteiger partial charge is 0.448 e. The van der Waals surface area contributed by atoms with Gasteiger partial charge in [0.2, 0.25) is 0 Å². The van der Waals surface area contributed by atoms with E-state index in [1.165, 1.54) is 34.6 Å². The molecule has 0 saturated carbocycles. The van der Waals surface area contributed by atoms with Crippen LogP contribution in [0.3, 0.4) is 0 Å². The van der Waals surface area contributed by atoms with Gasteiger partial charge in [0.1, 0.15) is 4.88 Å². The molecule has 1 aromatic heterocycles. The predicted octanol–water partition coefficient (Wildman–Crippen LogP) is 4.85. The van der Waals surface area contributed by atoms with Crippen molar-refractivity contribution >= 4 is 40.5 Å². The quantitative estimate of drug-likeness (QED) is 0.611. The van der Waals surface area contributed by atoms with Crippen molar-refractivity contribution in [3.8, 4) is 0 Å². The number of hydrogen-bond donors (Lipinski definition) is 1. The van der Waals surface area contributed by atoms with Crippen molar-refractivity contribution in [2.45, 2.75) is 45.1 Å². The van der Waals surface area contributed by atoms with Gasteiger partial charge in [-0.25, -0.2) is 4.79 Å². The minimum atomic E-state index is -0.881. The van der Waals surface area contributed by atoms with E-state index in [1.807, 2.05) is 6.07 Å². The molecule has 4 nitrogen and oxygen atoms in total. The van der Waals surface area contributed by atoms with Gasteiger partial charge in [-0.05, 0) is 62.4 Å². The number of fused-ring (bicyclic) bond motifs is 1. The Kier molecular flexibility index (Phi) is 5.76. The van der Waals surface area contributed by atoms with Crippen LogP contribution in [0.2, 0.25) is 5.02 Å². The maximum atomic E-state index is 12.4. The van der Waals surface area contributed by atoms with Crippen LogP contribution in [0.1, 0.15) is 46.3 Å². The number of rotatable bonds is 4. The second kappa shape index (κ2) is 8.02. The number of carbonyl (C=O) groups excluding carboxylic acids is 2. The number of amides is 1. The molecule has 0 spiro atoms. The van der Waals surface area contributed by atoms with Crippen molar-refractivity contribution in [3.05, 3.63) is 50.7 Å². The molecule has 1 aromatic carbocycles. The second-order valence-electron chi connectivity index (χ2n) is 6.17. The maximum Gasteiger partial charge on any atom is 0.349 e. The zero-order valence-electron chi connectivity index (χ0n) is 14.0. The van der Waals surface area contributed by atoms with E-state index in [2.05, 4.69) is 5.32 Å². The number of halogens is 1. The van der Waals surface area contributed by atoms with E-state index < -0.39 is 12.1 Å². The number of esters is 1. The fourth-order valence-corrected chi connectivity index (χ4v) is 4.18. The van der Waals surface area contributed by atoms with E-state index in [0.29, 0.717) is 15.6 Å². The fraction of sp³-hybridized carbons (Fsp3) is 0.368. The Hall–Kier alpha value is -1.85. The molecule has 132 valence electrons. The molecule has 1 aliphatic rings. The van der Waals surface area contributed by atoms with E-state index in [1.54, 1.807) is 31.2 Å². The first-order valence-corrected chi connectivity index (χ1v) is 9.61. The smallest absolute Gasteiger partial charge is 0.349 e. The van der Waals surface area contributed by atoms with E-state index in [4.69, 9.17) is 16.3 Å². The minimum Gasteiger partial charge on any atom is -0.448 e. The number of hydrogen-bond acceptors (Lipinski definition) is 4. The van der Waals surface area contributed by atoms with Gasteiger partial charge in [0, 0.05) is 15.6 Å². The highest BCUT2D eigenvalue weighted by Crippen LogP contribution is 2.29. The number of thiophene rings is 1. The first-order valence-electron chi connectivity index (χ1n) is 8.42. The van der Waals surface area contributed by atoms with Gasteiger partial charge in [-0.15, -0.1) is 11.3 Å². The number of carbonyl (C=O) groups is 2. The van der Waals surface area contributed by atoms with Gasteiger partial charge in [0.15, 0.2) is 6.10 Å². The standard InChI is InChI=1S/C19H20ClNO3S/c1-12(18(22)21-15-8-5-7-14(20)11-15)24-19(23)17-10-13-6-3-2-4-9-16(13)25-17/h5,7-8,10-12H,2-4,6,9H2,1H3,(H,21,22). The van der Waals surface area contributed by atoms with Crippen LogP contribution in [0.15, 0.2) is 30.3 Å². The molecule has 1 N–H and O–H groups in total. The van der Waals surface area contributed by atoms with E-state index in [0.717, 1.165) is 19.3 Å². The Balaban J connectivity index is 1.61. The monoisotopic (exact) mass is 377 g/mol. The van der Waals surface area contributed by atoms with Crippen LogP contribution >= 0.6 is 22.9 Å². The summed E-state index contributed by atoms with van der Waals surface area (Å²) in [7, 11) is 0. The van der Waals surface area contributed by atoms with Gasteiger partial charge in [0.25, 0.3) is 5.91 Å². The zero-order chi connectivity index (χ0) is 17.8. The Morgan fingerprint density at radius 1 is 1.20 bits per heavy atom. The Morgan fingerprint density at radius 2 is 2.00 bits per heavy atom. The fourth-order valence-electron chi connectivity index (χ4n) is 2.85. The summed E-state index contributed by atoms with van der Waals surface area (Å²) in [6.07, 6.45) is 4.73. The van der Waals surface area contributed by atoms with Crippen LogP contribution in [-0.4, -0.2) is 18.0 Å². The molecular weight excluding hydrogens is 358 g/mol. The third kappa shape index (κ3) is 4.61. The normalized spacial score (nSPS) is 15.0. The average Bonchev–Trinajstić information content (AvgIpc) is 2.86. The summed E-state index contributed by atoms with van der Waals surface area (Å²) in [6.45, 7) is 1.57. The number of aryl methyl sites for hydroxylation is 2. The Labute approximate surface area is 156 Å². The molecule has 0 bridgehead atoms. The highest BCUT2D eigenvalue weighted by atomic mass is 35.5. The molecule has 25 heavy (non-hydrogen) atoms. The van der Waals surface area contributed by atoms with Crippen molar-refractivity contribution in [3.63, 3.8) is 0 Å². The lowest BCUT2D eigenvalue weighted by molar-refractivity contribution is -0.123. The van der Waals surface area contributed by atoms with Crippen molar-refractivity contribution < 1.29 is 14.3 Å². The predicted molar refractivity (Wildman–Crippen MR) is 101 cm³/mol. The van der Waals surface area contributed by atoms with Gasteiger partial charge < -0.3 is 10.1 Å². The molecule has 1 amide bonds. The number of ether oxygens (including phenoxy) is 1. The van der Waals surface area contributed by atoms with Gasteiger partial charge in [-0.3, -0.25) is 4.79 Å². The van der Waals surface area contributed by atoms with Crippen molar-refractivity contribution in [1.29, 1.82) is 0 Å². The molecule has 1 unspecified atom stereocenters. The minimum absolute atomic E-state index is 0.381. The molecule has 0 aliphatic heterocycles. The molecule has 0 fully saturated rings. The van der Waals surface area contributed by atoms with Gasteiger partial charge in [0.05, 0.1) is 0 Å². The van der Waals surface area contributed by atoms with Crippen LogP contribution in [0.25, 0.3) is 0 Å². The molecule has 0 saturated heterocycles. The second-order valence-corrected chi connectivity index (χ2v) is 7.74. The molecule has 1 aliphatic carbocycles. The lowest BCUT2D eigenvalue weighted by Crippen LogP contribution is -2.29. The first kappa shape index (κ1) is 18.0. The molecule has 3 rings (SSSR count). The third-order valence-electron chi connectivity index (χ3n) is 4.19. The summed E-state index contributed by atoms with van der Waals surface area (Å²) in [4.78, 5) is 26.4. The van der Waals surface area contributed by atoms with Crippen molar-refractivity contribution in [1.82, 2.24) is 0 Å². The SMILES string of the molecule is CC(OC(=O)c1cc2c(s1)CCCCC2)C(=O)Nc1cccc(Cl)c1. The molecule has 1 atom stereocenters. The average molecular weight is 378 g/mol. The zero-order valence-corrected chi connectivity index (χ0v) is 15.6. The number of anilines is 1. The summed E-state index contributed by atoms with van der Waals surface area (Å²) >= 11 is 7.39. The number of nitrogens with one attached hydrogen (secondary N) is 1. The lowest BCUT2D eigenvalue weighted by Gasteiger charge is -2.13. The summed E-state index contributed by atoms with van der Waals surface area (Å²) in [5, 5.41) is 3.23. The molecule has 0 radical (unpaired) electrons. The maximum absolute atomic E-state index is 12.4. The summed E-state index contributed by atoms with van der Waals surface area (Å²) in [5.74, 6) is -0.819. The molecule has 6 heteroatoms. The van der Waals surface area contributed by atoms with Crippen LogP contribution in [-0.2, 0) is 22.4 Å². The van der Waals surface area contributed by atoms with Crippen LogP contribution in [0.5, 0.6) is 0 Å². The van der Waals surface area contributed by atoms with Crippen LogP contribution < -0.4 is 5.32 Å². The molecule has 2 aromatic rings. The first-order chi connectivity index (χ1) is 12.0. The lowest BCUT2D eigenvalue weighted by atomic mass is 10.1. The number of benzene rings is 1. The van der Waals surface area contributed by atoms with Crippen molar-refractivity contribution in [2.24, 2.45) is 0 Å². The Bertz CT molecular complexity index is 763. The molecule has 1 heterocycles. The molecular formula is C19H20ClNO3S. The summed E-state index contributed by atoms with van der Waals surface area (Å²) in [5.41, 5.74) is 1.83. The highest BCUT2D eigenvalue weighted by Gasteiger charge is 2.22.